The highest BCUT2D eigenvalue weighted by molar-refractivity contribution is 6.31. The summed E-state index contributed by atoms with van der Waals surface area (Å²) in [5.74, 6) is 0.695. The SMILES string of the molecule is Cc1ccc(N2CN(Cc3ccccc3Cl)Cn3c2nc(C)c(C)c3=O)c(C)c1. The molecule has 5 nitrogen and oxygen atoms in total. The molecule has 150 valence electrons. The molecule has 0 amide bonds. The van der Waals surface area contributed by atoms with Crippen molar-refractivity contribution in [2.24, 2.45) is 0 Å². The Morgan fingerprint density at radius 2 is 1.79 bits per heavy atom. The van der Waals surface area contributed by atoms with Crippen molar-refractivity contribution in [2.75, 3.05) is 11.6 Å². The van der Waals surface area contributed by atoms with Gasteiger partial charge in [0, 0.05) is 28.5 Å². The van der Waals surface area contributed by atoms with Crippen LogP contribution in [-0.4, -0.2) is 21.1 Å². The molecule has 0 N–H and O–H groups in total. The van der Waals surface area contributed by atoms with Gasteiger partial charge in [-0.25, -0.2) is 4.98 Å². The second kappa shape index (κ2) is 7.65. The minimum Gasteiger partial charge on any atom is -0.298 e. The highest BCUT2D eigenvalue weighted by Crippen LogP contribution is 2.31. The Labute approximate surface area is 176 Å². The molecule has 0 saturated carbocycles. The van der Waals surface area contributed by atoms with Gasteiger partial charge >= 0.3 is 0 Å². The Balaban J connectivity index is 1.82. The third-order valence-electron chi connectivity index (χ3n) is 5.54. The number of nitrogens with zero attached hydrogens (tertiary/aromatic N) is 4. The Bertz CT molecular complexity index is 1140. The van der Waals surface area contributed by atoms with Crippen LogP contribution in [0.4, 0.5) is 11.6 Å². The van der Waals surface area contributed by atoms with Crippen molar-refractivity contribution in [1.29, 1.82) is 0 Å². The molecule has 3 aromatic rings. The van der Waals surface area contributed by atoms with Gasteiger partial charge in [0.15, 0.2) is 0 Å². The molecular formula is C23H25ClN4O. The Hall–Kier alpha value is -2.63. The molecule has 1 aromatic heterocycles. The van der Waals surface area contributed by atoms with Gasteiger partial charge < -0.3 is 0 Å². The number of anilines is 2. The summed E-state index contributed by atoms with van der Waals surface area (Å²) >= 11 is 6.40. The minimum atomic E-state index is 0.00567. The predicted molar refractivity (Wildman–Crippen MR) is 118 cm³/mol. The van der Waals surface area contributed by atoms with Crippen molar-refractivity contribution >= 4 is 23.2 Å². The van der Waals surface area contributed by atoms with Gasteiger partial charge in [-0.2, -0.15) is 0 Å². The van der Waals surface area contributed by atoms with E-state index < -0.39 is 0 Å². The summed E-state index contributed by atoms with van der Waals surface area (Å²) in [6.45, 7) is 9.68. The summed E-state index contributed by atoms with van der Waals surface area (Å²) in [5.41, 5.74) is 5.94. The summed E-state index contributed by atoms with van der Waals surface area (Å²) in [4.78, 5) is 22.2. The lowest BCUT2D eigenvalue weighted by Crippen LogP contribution is -2.47. The van der Waals surface area contributed by atoms with Gasteiger partial charge in [-0.15, -0.1) is 0 Å². The largest absolute Gasteiger partial charge is 0.298 e. The molecule has 0 fully saturated rings. The number of aromatic nitrogens is 2. The molecule has 4 rings (SSSR count). The van der Waals surface area contributed by atoms with Crippen molar-refractivity contribution in [3.8, 4) is 0 Å². The Kier molecular flexibility index (Phi) is 5.19. The van der Waals surface area contributed by atoms with E-state index in [1.807, 2.05) is 38.1 Å². The summed E-state index contributed by atoms with van der Waals surface area (Å²) < 4.78 is 1.77. The molecule has 1 aliphatic heterocycles. The monoisotopic (exact) mass is 408 g/mol. The van der Waals surface area contributed by atoms with Crippen molar-refractivity contribution in [3.05, 3.63) is 85.8 Å². The maximum atomic E-state index is 13.1. The minimum absolute atomic E-state index is 0.00567. The average molecular weight is 409 g/mol. The Morgan fingerprint density at radius 3 is 2.52 bits per heavy atom. The summed E-state index contributed by atoms with van der Waals surface area (Å²) in [7, 11) is 0. The zero-order valence-electron chi connectivity index (χ0n) is 17.2. The van der Waals surface area contributed by atoms with Crippen LogP contribution in [0, 0.1) is 27.7 Å². The average Bonchev–Trinajstić information content (AvgIpc) is 2.68. The van der Waals surface area contributed by atoms with Crippen molar-refractivity contribution in [2.45, 2.75) is 40.9 Å². The van der Waals surface area contributed by atoms with E-state index in [0.29, 0.717) is 31.4 Å². The van der Waals surface area contributed by atoms with E-state index in [1.54, 1.807) is 4.57 Å². The summed E-state index contributed by atoms with van der Waals surface area (Å²) in [6.07, 6.45) is 0. The lowest BCUT2D eigenvalue weighted by molar-refractivity contribution is 0.190. The van der Waals surface area contributed by atoms with E-state index in [4.69, 9.17) is 16.6 Å². The number of aryl methyl sites for hydroxylation is 3. The van der Waals surface area contributed by atoms with Gasteiger partial charge in [0.25, 0.3) is 5.56 Å². The van der Waals surface area contributed by atoms with Crippen LogP contribution in [0.3, 0.4) is 0 Å². The van der Waals surface area contributed by atoms with Gasteiger partial charge in [0.2, 0.25) is 5.95 Å². The van der Waals surface area contributed by atoms with Crippen LogP contribution >= 0.6 is 11.6 Å². The fraction of sp³-hybridized carbons (Fsp3) is 0.304. The number of fused-ring (bicyclic) bond motifs is 1. The highest BCUT2D eigenvalue weighted by Gasteiger charge is 2.28. The van der Waals surface area contributed by atoms with E-state index >= 15 is 0 Å². The fourth-order valence-corrected chi connectivity index (χ4v) is 4.04. The van der Waals surface area contributed by atoms with Crippen LogP contribution in [0.5, 0.6) is 0 Å². The van der Waals surface area contributed by atoms with E-state index in [-0.39, 0.29) is 5.56 Å². The first kappa shape index (κ1) is 19.7. The number of benzene rings is 2. The van der Waals surface area contributed by atoms with Crippen molar-refractivity contribution in [1.82, 2.24) is 14.5 Å². The topological polar surface area (TPSA) is 41.4 Å². The summed E-state index contributed by atoms with van der Waals surface area (Å²) in [6, 6.07) is 14.2. The number of hydrogen-bond donors (Lipinski definition) is 0. The fourth-order valence-electron chi connectivity index (χ4n) is 3.84. The molecule has 0 radical (unpaired) electrons. The first-order chi connectivity index (χ1) is 13.8. The van der Waals surface area contributed by atoms with Gasteiger partial charge in [-0.1, -0.05) is 47.5 Å². The van der Waals surface area contributed by atoms with Crippen LogP contribution in [0.25, 0.3) is 0 Å². The van der Waals surface area contributed by atoms with Gasteiger partial charge in [-0.3, -0.25) is 19.2 Å². The van der Waals surface area contributed by atoms with Gasteiger partial charge in [0.1, 0.15) is 0 Å². The second-order valence-corrected chi connectivity index (χ2v) is 8.18. The Morgan fingerprint density at radius 1 is 1.03 bits per heavy atom. The van der Waals surface area contributed by atoms with Crippen LogP contribution in [-0.2, 0) is 13.2 Å². The molecule has 0 unspecified atom stereocenters. The molecule has 0 aliphatic carbocycles. The van der Waals surface area contributed by atoms with E-state index in [9.17, 15) is 4.79 Å². The molecule has 2 heterocycles. The molecule has 29 heavy (non-hydrogen) atoms. The van der Waals surface area contributed by atoms with Crippen molar-refractivity contribution < 1.29 is 0 Å². The zero-order valence-corrected chi connectivity index (χ0v) is 18.0. The summed E-state index contributed by atoms with van der Waals surface area (Å²) in [5, 5.41) is 0.738. The third-order valence-corrected chi connectivity index (χ3v) is 5.91. The zero-order chi connectivity index (χ0) is 20.7. The lowest BCUT2D eigenvalue weighted by Gasteiger charge is -2.39. The first-order valence-electron chi connectivity index (χ1n) is 9.73. The van der Waals surface area contributed by atoms with Crippen LogP contribution in [0.1, 0.15) is 27.9 Å². The van der Waals surface area contributed by atoms with Gasteiger partial charge in [-0.05, 0) is 51.0 Å². The quantitative estimate of drug-likeness (QED) is 0.630. The second-order valence-electron chi connectivity index (χ2n) is 7.78. The highest BCUT2D eigenvalue weighted by atomic mass is 35.5. The number of rotatable bonds is 3. The van der Waals surface area contributed by atoms with Crippen molar-refractivity contribution in [3.63, 3.8) is 0 Å². The van der Waals surface area contributed by atoms with Gasteiger partial charge in [0.05, 0.1) is 13.3 Å². The normalized spacial score (nSPS) is 14.2. The smallest absolute Gasteiger partial charge is 0.259 e. The first-order valence-corrected chi connectivity index (χ1v) is 10.1. The molecule has 0 spiro atoms. The molecule has 0 atom stereocenters. The van der Waals surface area contributed by atoms with E-state index in [1.165, 1.54) is 5.56 Å². The number of halogens is 1. The third kappa shape index (κ3) is 3.68. The molecular weight excluding hydrogens is 384 g/mol. The maximum Gasteiger partial charge on any atom is 0.259 e. The predicted octanol–water partition coefficient (Wildman–Crippen LogP) is 4.70. The van der Waals surface area contributed by atoms with Crippen LogP contribution in [0.2, 0.25) is 5.02 Å². The maximum absolute atomic E-state index is 13.1. The van der Waals surface area contributed by atoms with Crippen LogP contribution in [0.15, 0.2) is 47.3 Å². The van der Waals surface area contributed by atoms with E-state index in [2.05, 4.69) is 41.8 Å². The number of hydrogen-bond acceptors (Lipinski definition) is 4. The molecule has 2 aromatic carbocycles. The molecule has 1 aliphatic rings. The lowest BCUT2D eigenvalue weighted by atomic mass is 10.1. The molecule has 0 saturated heterocycles. The van der Waals surface area contributed by atoms with E-state index in [0.717, 1.165) is 27.5 Å². The molecule has 0 bridgehead atoms. The van der Waals surface area contributed by atoms with Crippen LogP contribution < -0.4 is 10.5 Å². The molecule has 6 heteroatoms. The standard InChI is InChI=1S/C23H25ClN4O/c1-15-9-10-21(16(2)11-15)27-13-26(12-19-7-5-6-8-20(19)24)14-28-22(29)17(3)18(4)25-23(27)28/h5-11H,12-14H2,1-4H3.